The van der Waals surface area contributed by atoms with Crippen molar-refractivity contribution in [3.63, 3.8) is 0 Å². The third-order valence-electron chi connectivity index (χ3n) is 2.93. The number of aryl methyl sites for hydroxylation is 1. The summed E-state index contributed by atoms with van der Waals surface area (Å²) < 4.78 is 2.73. The second-order valence-corrected chi connectivity index (χ2v) is 5.39. The summed E-state index contributed by atoms with van der Waals surface area (Å²) in [5, 5.41) is 4.78. The molecule has 5 N–H and O–H groups in total. The summed E-state index contributed by atoms with van der Waals surface area (Å²) in [7, 11) is 0. The Morgan fingerprint density at radius 1 is 1.53 bits per heavy atom. The minimum Gasteiger partial charge on any atom is -0.398 e. The molecule has 0 aliphatic rings. The van der Waals surface area contributed by atoms with Crippen molar-refractivity contribution in [2.45, 2.75) is 19.5 Å². The molecule has 5 nitrogen and oxygen atoms in total. The van der Waals surface area contributed by atoms with E-state index in [9.17, 15) is 0 Å². The highest BCUT2D eigenvalue weighted by molar-refractivity contribution is 9.10. The third kappa shape index (κ3) is 2.76. The highest BCUT2D eigenvalue weighted by atomic mass is 79.9. The van der Waals surface area contributed by atoms with Crippen LogP contribution in [0.15, 0.2) is 28.9 Å². The first-order valence-corrected chi connectivity index (χ1v) is 6.97. The van der Waals surface area contributed by atoms with Crippen LogP contribution in [0.2, 0.25) is 5.02 Å². The van der Waals surface area contributed by atoms with Crippen LogP contribution in [0.1, 0.15) is 24.2 Å². The molecule has 2 rings (SSSR count). The molecule has 2 aromatic rings. The topological polar surface area (TPSA) is 81.9 Å². The van der Waals surface area contributed by atoms with Crippen molar-refractivity contribution in [3.05, 3.63) is 45.1 Å². The van der Waals surface area contributed by atoms with Crippen LogP contribution in [0.4, 0.5) is 5.69 Å². The van der Waals surface area contributed by atoms with E-state index in [1.54, 1.807) is 10.9 Å². The third-order valence-corrected chi connectivity index (χ3v) is 3.72. The van der Waals surface area contributed by atoms with Gasteiger partial charge in [0.2, 0.25) is 0 Å². The summed E-state index contributed by atoms with van der Waals surface area (Å²) in [6.45, 7) is 2.69. The summed E-state index contributed by atoms with van der Waals surface area (Å²) in [4.78, 5) is 0. The van der Waals surface area contributed by atoms with Crippen LogP contribution in [0.25, 0.3) is 0 Å². The van der Waals surface area contributed by atoms with Gasteiger partial charge in [-0.2, -0.15) is 5.10 Å². The summed E-state index contributed by atoms with van der Waals surface area (Å²) in [5.74, 6) is 5.69. The molecule has 0 saturated heterocycles. The Balaban J connectivity index is 2.56. The first-order chi connectivity index (χ1) is 9.08. The van der Waals surface area contributed by atoms with Gasteiger partial charge < -0.3 is 5.73 Å². The Kier molecular flexibility index (Phi) is 4.46. The maximum Gasteiger partial charge on any atom is 0.0913 e. The summed E-state index contributed by atoms with van der Waals surface area (Å²) in [6.07, 6.45) is 1.61. The van der Waals surface area contributed by atoms with Crippen molar-refractivity contribution in [2.24, 2.45) is 5.84 Å². The monoisotopic (exact) mass is 343 g/mol. The van der Waals surface area contributed by atoms with Gasteiger partial charge in [0.1, 0.15) is 0 Å². The highest BCUT2D eigenvalue weighted by Crippen LogP contribution is 2.32. The molecule has 1 aromatic heterocycles. The number of nitrogens with two attached hydrogens (primary N) is 2. The number of rotatable bonds is 4. The number of hydrogen-bond acceptors (Lipinski definition) is 4. The van der Waals surface area contributed by atoms with Gasteiger partial charge in [-0.3, -0.25) is 10.5 Å². The summed E-state index contributed by atoms with van der Waals surface area (Å²) >= 11 is 9.64. The van der Waals surface area contributed by atoms with E-state index in [0.717, 1.165) is 15.7 Å². The van der Waals surface area contributed by atoms with Gasteiger partial charge in [-0.15, -0.1) is 0 Å². The van der Waals surface area contributed by atoms with Gasteiger partial charge in [-0.25, -0.2) is 5.43 Å². The number of nitrogens with one attached hydrogen (secondary N) is 1. The molecule has 0 fully saturated rings. The average Bonchev–Trinajstić information content (AvgIpc) is 2.76. The van der Waals surface area contributed by atoms with Crippen LogP contribution in [0.5, 0.6) is 0 Å². The molecule has 1 aromatic carbocycles. The standard InChI is InChI=1S/C12H15BrClN5/c1-2-19-12(9(14)6-17-19)11(18-16)8-5-7(13)3-4-10(8)15/h3-6,11,18H,2,15-16H2,1H3. The van der Waals surface area contributed by atoms with Crippen molar-refractivity contribution < 1.29 is 0 Å². The van der Waals surface area contributed by atoms with Gasteiger partial charge in [0.05, 0.1) is 23.0 Å². The van der Waals surface area contributed by atoms with Crippen molar-refractivity contribution in [2.75, 3.05) is 5.73 Å². The summed E-state index contributed by atoms with van der Waals surface area (Å²) in [6, 6.07) is 5.31. The molecule has 0 saturated carbocycles. The molecule has 0 bridgehead atoms. The molecule has 7 heteroatoms. The largest absolute Gasteiger partial charge is 0.398 e. The lowest BCUT2D eigenvalue weighted by atomic mass is 10.0. The van der Waals surface area contributed by atoms with E-state index in [1.807, 2.05) is 25.1 Å². The maximum atomic E-state index is 6.21. The van der Waals surface area contributed by atoms with Crippen molar-refractivity contribution in [1.82, 2.24) is 15.2 Å². The van der Waals surface area contributed by atoms with Crippen LogP contribution in [0.3, 0.4) is 0 Å². The van der Waals surface area contributed by atoms with Crippen LogP contribution in [-0.2, 0) is 6.54 Å². The number of benzene rings is 1. The van der Waals surface area contributed by atoms with Gasteiger partial charge >= 0.3 is 0 Å². The van der Waals surface area contributed by atoms with Gasteiger partial charge in [0.25, 0.3) is 0 Å². The molecule has 1 atom stereocenters. The number of nitrogen functional groups attached to an aromatic ring is 1. The molecule has 0 spiro atoms. The van der Waals surface area contributed by atoms with E-state index < -0.39 is 0 Å². The van der Waals surface area contributed by atoms with Crippen molar-refractivity contribution in [3.8, 4) is 0 Å². The average molecular weight is 345 g/mol. The Morgan fingerprint density at radius 2 is 2.26 bits per heavy atom. The zero-order chi connectivity index (χ0) is 14.0. The van der Waals surface area contributed by atoms with E-state index in [-0.39, 0.29) is 6.04 Å². The van der Waals surface area contributed by atoms with Crippen LogP contribution >= 0.6 is 27.5 Å². The van der Waals surface area contributed by atoms with Gasteiger partial charge in [-0.05, 0) is 25.1 Å². The van der Waals surface area contributed by atoms with Gasteiger partial charge in [-0.1, -0.05) is 27.5 Å². The fourth-order valence-corrected chi connectivity index (χ4v) is 2.65. The molecule has 1 unspecified atom stereocenters. The van der Waals surface area contributed by atoms with Gasteiger partial charge in [0.15, 0.2) is 0 Å². The normalized spacial score (nSPS) is 12.6. The van der Waals surface area contributed by atoms with E-state index in [0.29, 0.717) is 17.3 Å². The van der Waals surface area contributed by atoms with Crippen LogP contribution in [0, 0.1) is 0 Å². The quantitative estimate of drug-likeness (QED) is 0.452. The first-order valence-electron chi connectivity index (χ1n) is 5.80. The van der Waals surface area contributed by atoms with E-state index in [4.69, 9.17) is 23.2 Å². The smallest absolute Gasteiger partial charge is 0.0913 e. The van der Waals surface area contributed by atoms with Crippen molar-refractivity contribution >= 4 is 33.2 Å². The Hall–Kier alpha value is -1.08. The highest BCUT2D eigenvalue weighted by Gasteiger charge is 2.22. The maximum absolute atomic E-state index is 6.21. The lowest BCUT2D eigenvalue weighted by Crippen LogP contribution is -2.31. The number of aromatic nitrogens is 2. The summed E-state index contributed by atoms with van der Waals surface area (Å²) in [5.41, 5.74) is 11.1. The predicted molar refractivity (Wildman–Crippen MR) is 80.6 cm³/mol. The molecule has 102 valence electrons. The van der Waals surface area contributed by atoms with Gasteiger partial charge in [0, 0.05) is 22.3 Å². The van der Waals surface area contributed by atoms with E-state index in [2.05, 4.69) is 26.5 Å². The fourth-order valence-electron chi connectivity index (χ4n) is 2.02. The molecule has 0 aliphatic carbocycles. The fraction of sp³-hybridized carbons (Fsp3) is 0.250. The minimum atomic E-state index is -0.313. The SMILES string of the molecule is CCn1ncc(Cl)c1C(NN)c1cc(Br)ccc1N. The predicted octanol–water partition coefficient (Wildman–Crippen LogP) is 2.45. The molecular weight excluding hydrogens is 330 g/mol. The lowest BCUT2D eigenvalue weighted by Gasteiger charge is -2.20. The van der Waals surface area contributed by atoms with Crippen molar-refractivity contribution in [1.29, 1.82) is 0 Å². The number of hydrazine groups is 1. The second kappa shape index (κ2) is 5.92. The molecule has 0 radical (unpaired) electrons. The minimum absolute atomic E-state index is 0.313. The first kappa shape index (κ1) is 14.3. The molecule has 0 aliphatic heterocycles. The molecule has 1 heterocycles. The Bertz CT molecular complexity index is 583. The van der Waals surface area contributed by atoms with E-state index >= 15 is 0 Å². The lowest BCUT2D eigenvalue weighted by molar-refractivity contribution is 0.544. The number of anilines is 1. The zero-order valence-electron chi connectivity index (χ0n) is 10.4. The Morgan fingerprint density at radius 3 is 2.89 bits per heavy atom. The molecule has 0 amide bonds. The van der Waals surface area contributed by atoms with Crippen LogP contribution < -0.4 is 17.0 Å². The number of halogens is 2. The zero-order valence-corrected chi connectivity index (χ0v) is 12.7. The Labute approximate surface area is 125 Å². The molecule has 19 heavy (non-hydrogen) atoms. The number of hydrogen-bond donors (Lipinski definition) is 3. The number of nitrogens with zero attached hydrogens (tertiary/aromatic N) is 2. The van der Waals surface area contributed by atoms with E-state index in [1.165, 1.54) is 0 Å². The molecular formula is C12H15BrClN5. The van der Waals surface area contributed by atoms with Crippen LogP contribution in [-0.4, -0.2) is 9.78 Å². The second-order valence-electron chi connectivity index (χ2n) is 4.07.